The van der Waals surface area contributed by atoms with Gasteiger partial charge in [-0.15, -0.1) is 0 Å². The molecule has 1 aliphatic carbocycles. The van der Waals surface area contributed by atoms with E-state index in [-0.39, 0.29) is 17.9 Å². The van der Waals surface area contributed by atoms with Crippen LogP contribution in [0.4, 0.5) is 5.69 Å². The lowest BCUT2D eigenvalue weighted by atomic mass is 9.87. The lowest BCUT2D eigenvalue weighted by Gasteiger charge is -2.41. The Hall–Kier alpha value is -1.63. The number of nitrogens with zero attached hydrogens (tertiary/aromatic N) is 2. The van der Waals surface area contributed by atoms with Crippen LogP contribution in [0.2, 0.25) is 5.02 Å². The first-order valence-corrected chi connectivity index (χ1v) is 13.4. The fourth-order valence-electron chi connectivity index (χ4n) is 5.85. The number of hydrogen-bond acceptors (Lipinski definition) is 4. The van der Waals surface area contributed by atoms with Gasteiger partial charge in [0.1, 0.15) is 0 Å². The van der Waals surface area contributed by atoms with Crippen molar-refractivity contribution in [1.82, 2.24) is 9.80 Å². The predicted octanol–water partition coefficient (Wildman–Crippen LogP) is 4.87. The number of benzene rings is 1. The summed E-state index contributed by atoms with van der Waals surface area (Å²) in [5, 5.41) is 3.76. The monoisotopic (exact) mass is 489 g/mol. The molecule has 0 aromatic heterocycles. The molecule has 1 saturated carbocycles. The van der Waals surface area contributed by atoms with Crippen LogP contribution in [0.3, 0.4) is 0 Å². The van der Waals surface area contributed by atoms with Crippen molar-refractivity contribution in [2.45, 2.75) is 71.9 Å². The summed E-state index contributed by atoms with van der Waals surface area (Å²) in [6.07, 6.45) is 5.92. The maximum atomic E-state index is 12.9. The largest absolute Gasteiger partial charge is 0.381 e. The van der Waals surface area contributed by atoms with E-state index in [2.05, 4.69) is 35.9 Å². The van der Waals surface area contributed by atoms with Crippen LogP contribution < -0.4 is 5.32 Å². The second-order valence-electron chi connectivity index (χ2n) is 10.7. The predicted molar refractivity (Wildman–Crippen MR) is 136 cm³/mol. The van der Waals surface area contributed by atoms with Crippen molar-refractivity contribution in [3.05, 3.63) is 28.3 Å². The Morgan fingerprint density at radius 2 is 1.91 bits per heavy atom. The van der Waals surface area contributed by atoms with Crippen molar-refractivity contribution in [3.63, 3.8) is 0 Å². The Kier molecular flexibility index (Phi) is 8.54. The van der Waals surface area contributed by atoms with Gasteiger partial charge in [0.05, 0.1) is 0 Å². The summed E-state index contributed by atoms with van der Waals surface area (Å²) in [6.45, 7) is 11.1. The molecule has 2 amide bonds. The Morgan fingerprint density at radius 3 is 2.62 bits per heavy atom. The summed E-state index contributed by atoms with van der Waals surface area (Å²) in [5.74, 6) is 1.39. The van der Waals surface area contributed by atoms with Gasteiger partial charge in [0.25, 0.3) is 0 Å². The van der Waals surface area contributed by atoms with E-state index in [0.29, 0.717) is 29.2 Å². The van der Waals surface area contributed by atoms with Gasteiger partial charge in [-0.1, -0.05) is 31.4 Å². The number of carbonyl (C=O) groups excluding carboxylic acids is 2. The van der Waals surface area contributed by atoms with Gasteiger partial charge in [-0.05, 0) is 68.2 Å². The molecule has 1 aromatic carbocycles. The van der Waals surface area contributed by atoms with Gasteiger partial charge in [0, 0.05) is 68.5 Å². The molecule has 2 aliphatic heterocycles. The molecule has 0 spiro atoms. The van der Waals surface area contributed by atoms with Crippen LogP contribution in [0.25, 0.3) is 0 Å². The van der Waals surface area contributed by atoms with Gasteiger partial charge in [-0.25, -0.2) is 0 Å². The lowest BCUT2D eigenvalue weighted by Crippen LogP contribution is -2.54. The first kappa shape index (κ1) is 25.5. The number of amides is 2. The third-order valence-corrected chi connectivity index (χ3v) is 8.33. The fraction of sp³-hybridized carbons (Fsp3) is 0.704. The van der Waals surface area contributed by atoms with Gasteiger partial charge >= 0.3 is 0 Å². The van der Waals surface area contributed by atoms with Gasteiger partial charge in [0.15, 0.2) is 0 Å². The topological polar surface area (TPSA) is 61.9 Å². The van der Waals surface area contributed by atoms with E-state index in [1.807, 2.05) is 12.1 Å². The highest BCUT2D eigenvalue weighted by molar-refractivity contribution is 6.31. The van der Waals surface area contributed by atoms with E-state index in [0.717, 1.165) is 75.5 Å². The number of piperazine rings is 1. The minimum absolute atomic E-state index is 0.0442. The zero-order chi connectivity index (χ0) is 24.2. The number of halogens is 1. The van der Waals surface area contributed by atoms with E-state index in [1.54, 1.807) is 0 Å². The van der Waals surface area contributed by atoms with Crippen molar-refractivity contribution in [1.29, 1.82) is 0 Å². The molecule has 4 rings (SSSR count). The van der Waals surface area contributed by atoms with E-state index < -0.39 is 0 Å². The van der Waals surface area contributed by atoms with E-state index in [1.165, 1.54) is 12.8 Å². The van der Waals surface area contributed by atoms with Gasteiger partial charge in [-0.2, -0.15) is 0 Å². The van der Waals surface area contributed by atoms with Crippen LogP contribution in [0.5, 0.6) is 0 Å². The standard InChI is InChI=1S/C27H40ClN3O3/c1-18-17-34-11-8-22(18)13-26(32)29-25-14-24(28)12-23(20(25)3)16-30-9-10-31(19(2)15-30)27(33)21-6-4-5-7-21/h12,14,18-19,21-22H,4-11,13,15-17H2,1-3H3,(H,29,32)/t18?,19-,22?/m0/s1. The number of rotatable bonds is 6. The second-order valence-corrected chi connectivity index (χ2v) is 11.1. The SMILES string of the molecule is Cc1c(CN2CCN(C(=O)C3CCCC3)[C@@H](C)C2)cc(Cl)cc1NC(=O)CC1CCOCC1C. The highest BCUT2D eigenvalue weighted by atomic mass is 35.5. The molecule has 2 unspecified atom stereocenters. The smallest absolute Gasteiger partial charge is 0.226 e. The van der Waals surface area contributed by atoms with Crippen molar-refractivity contribution < 1.29 is 14.3 Å². The maximum absolute atomic E-state index is 12.9. The minimum Gasteiger partial charge on any atom is -0.381 e. The molecule has 1 N–H and O–H groups in total. The molecule has 3 aliphatic rings. The summed E-state index contributed by atoms with van der Waals surface area (Å²) in [7, 11) is 0. The summed E-state index contributed by atoms with van der Waals surface area (Å²) in [4.78, 5) is 30.2. The van der Waals surface area contributed by atoms with Gasteiger partial charge < -0.3 is 15.0 Å². The molecule has 0 radical (unpaired) electrons. The fourth-order valence-corrected chi connectivity index (χ4v) is 6.09. The number of anilines is 1. The van der Waals surface area contributed by atoms with Gasteiger partial charge in [0.2, 0.25) is 11.8 Å². The quantitative estimate of drug-likeness (QED) is 0.619. The van der Waals surface area contributed by atoms with Crippen LogP contribution in [-0.2, 0) is 20.9 Å². The average Bonchev–Trinajstić information content (AvgIpc) is 3.33. The van der Waals surface area contributed by atoms with Crippen LogP contribution in [0.1, 0.15) is 63.5 Å². The third-order valence-electron chi connectivity index (χ3n) is 8.11. The first-order valence-electron chi connectivity index (χ1n) is 13.0. The highest BCUT2D eigenvalue weighted by Gasteiger charge is 2.33. The Balaban J connectivity index is 1.36. The van der Waals surface area contributed by atoms with E-state index in [9.17, 15) is 9.59 Å². The molecule has 1 aromatic rings. The summed E-state index contributed by atoms with van der Waals surface area (Å²) >= 11 is 6.47. The number of carbonyl (C=O) groups is 2. The molecule has 6 nitrogen and oxygen atoms in total. The van der Waals surface area contributed by atoms with Crippen molar-refractivity contribution in [2.24, 2.45) is 17.8 Å². The average molecular weight is 490 g/mol. The number of ether oxygens (including phenoxy) is 1. The Bertz CT molecular complexity index is 886. The normalized spacial score (nSPS) is 26.6. The molecule has 0 bridgehead atoms. The zero-order valence-corrected chi connectivity index (χ0v) is 21.7. The molecular formula is C27H40ClN3O3. The van der Waals surface area contributed by atoms with Crippen molar-refractivity contribution in [2.75, 3.05) is 38.2 Å². The molecule has 34 heavy (non-hydrogen) atoms. The minimum atomic E-state index is 0.0442. The zero-order valence-electron chi connectivity index (χ0n) is 20.9. The Morgan fingerprint density at radius 1 is 1.15 bits per heavy atom. The number of nitrogens with one attached hydrogen (secondary N) is 1. The van der Waals surface area contributed by atoms with Crippen LogP contribution in [0.15, 0.2) is 12.1 Å². The molecule has 2 saturated heterocycles. The van der Waals surface area contributed by atoms with Crippen molar-refractivity contribution in [3.8, 4) is 0 Å². The molecular weight excluding hydrogens is 450 g/mol. The summed E-state index contributed by atoms with van der Waals surface area (Å²) in [5.41, 5.74) is 3.00. The molecule has 2 heterocycles. The van der Waals surface area contributed by atoms with Gasteiger partial charge in [-0.3, -0.25) is 14.5 Å². The molecule has 3 atom stereocenters. The maximum Gasteiger partial charge on any atom is 0.226 e. The first-order chi connectivity index (χ1) is 16.3. The van der Waals surface area contributed by atoms with E-state index in [4.69, 9.17) is 16.3 Å². The van der Waals surface area contributed by atoms with Crippen LogP contribution in [0, 0.1) is 24.7 Å². The molecule has 188 valence electrons. The highest BCUT2D eigenvalue weighted by Crippen LogP contribution is 2.30. The Labute approximate surface area is 209 Å². The van der Waals surface area contributed by atoms with Crippen LogP contribution >= 0.6 is 11.6 Å². The number of hydrogen-bond donors (Lipinski definition) is 1. The molecule has 7 heteroatoms. The second kappa shape index (κ2) is 11.4. The molecule has 3 fully saturated rings. The third kappa shape index (κ3) is 6.13. The lowest BCUT2D eigenvalue weighted by molar-refractivity contribution is -0.140. The van der Waals surface area contributed by atoms with Crippen molar-refractivity contribution >= 4 is 29.1 Å². The summed E-state index contributed by atoms with van der Waals surface area (Å²) < 4.78 is 5.51. The summed E-state index contributed by atoms with van der Waals surface area (Å²) in [6, 6.07) is 4.07. The van der Waals surface area contributed by atoms with E-state index >= 15 is 0 Å². The van der Waals surface area contributed by atoms with Crippen LogP contribution in [-0.4, -0.2) is 60.5 Å².